The molecule has 0 radical (unpaired) electrons. The summed E-state index contributed by atoms with van der Waals surface area (Å²) in [6.45, 7) is 5.00. The number of rotatable bonds is 9. The molecule has 1 unspecified atom stereocenters. The number of carbonyl (C=O) groups is 2. The summed E-state index contributed by atoms with van der Waals surface area (Å²) in [4.78, 5) is 21.5. The highest BCUT2D eigenvalue weighted by molar-refractivity contribution is 5.78. The molecule has 5 nitrogen and oxygen atoms in total. The zero-order valence-electron chi connectivity index (χ0n) is 10.1. The van der Waals surface area contributed by atoms with Gasteiger partial charge in [-0.1, -0.05) is 13.3 Å². The van der Waals surface area contributed by atoms with Crippen LogP contribution < -0.4 is 10.6 Å². The van der Waals surface area contributed by atoms with E-state index in [1.807, 2.05) is 13.8 Å². The van der Waals surface area contributed by atoms with Gasteiger partial charge in [-0.05, 0) is 26.3 Å². The van der Waals surface area contributed by atoms with E-state index in [1.165, 1.54) is 0 Å². The summed E-state index contributed by atoms with van der Waals surface area (Å²) in [7, 11) is 0. The van der Waals surface area contributed by atoms with E-state index in [2.05, 4.69) is 10.6 Å². The molecule has 0 saturated heterocycles. The van der Waals surface area contributed by atoms with Crippen molar-refractivity contribution in [1.29, 1.82) is 0 Å². The second kappa shape index (κ2) is 9.15. The van der Waals surface area contributed by atoms with Gasteiger partial charge in [0.2, 0.25) is 5.91 Å². The lowest BCUT2D eigenvalue weighted by molar-refractivity contribution is -0.137. The van der Waals surface area contributed by atoms with E-state index in [0.717, 1.165) is 19.4 Å². The van der Waals surface area contributed by atoms with Crippen molar-refractivity contribution >= 4 is 11.9 Å². The van der Waals surface area contributed by atoms with Crippen molar-refractivity contribution in [3.63, 3.8) is 0 Å². The van der Waals surface area contributed by atoms with Crippen LogP contribution >= 0.6 is 0 Å². The molecule has 0 aliphatic heterocycles. The van der Waals surface area contributed by atoms with Crippen molar-refractivity contribution in [1.82, 2.24) is 10.6 Å². The molecule has 0 rings (SSSR count). The molecule has 0 heterocycles. The highest BCUT2D eigenvalue weighted by Gasteiger charge is 2.06. The number of hydrogen-bond acceptors (Lipinski definition) is 3. The standard InChI is InChI=1S/C11H22N2O3/c1-3-12-8-10(14)13-9(2)6-4-5-7-11(15)16/h9,12H,3-8H2,1-2H3,(H,13,14)(H,15,16). The van der Waals surface area contributed by atoms with Crippen LogP contribution in [-0.2, 0) is 9.59 Å². The van der Waals surface area contributed by atoms with Crippen LogP contribution in [-0.4, -0.2) is 36.1 Å². The number of nitrogens with one attached hydrogen (secondary N) is 2. The zero-order valence-corrected chi connectivity index (χ0v) is 10.1. The van der Waals surface area contributed by atoms with Gasteiger partial charge in [0.25, 0.3) is 0 Å². The number of amides is 1. The van der Waals surface area contributed by atoms with Gasteiger partial charge in [-0.15, -0.1) is 0 Å². The van der Waals surface area contributed by atoms with E-state index >= 15 is 0 Å². The number of aliphatic carboxylic acids is 1. The number of hydrogen-bond donors (Lipinski definition) is 3. The largest absolute Gasteiger partial charge is 0.481 e. The van der Waals surface area contributed by atoms with E-state index < -0.39 is 5.97 Å². The van der Waals surface area contributed by atoms with Crippen molar-refractivity contribution in [2.75, 3.05) is 13.1 Å². The topological polar surface area (TPSA) is 78.4 Å². The van der Waals surface area contributed by atoms with Crippen LogP contribution in [0.3, 0.4) is 0 Å². The van der Waals surface area contributed by atoms with Gasteiger partial charge in [-0.3, -0.25) is 9.59 Å². The van der Waals surface area contributed by atoms with E-state index in [0.29, 0.717) is 13.0 Å². The monoisotopic (exact) mass is 230 g/mol. The Morgan fingerprint density at radius 3 is 2.56 bits per heavy atom. The Labute approximate surface area is 96.6 Å². The van der Waals surface area contributed by atoms with Gasteiger partial charge >= 0.3 is 5.97 Å². The van der Waals surface area contributed by atoms with Gasteiger partial charge in [-0.25, -0.2) is 0 Å². The number of carboxylic acid groups (broad SMARTS) is 1. The summed E-state index contributed by atoms with van der Waals surface area (Å²) >= 11 is 0. The summed E-state index contributed by atoms with van der Waals surface area (Å²) in [6.07, 6.45) is 2.53. The molecule has 0 fully saturated rings. The average molecular weight is 230 g/mol. The first kappa shape index (κ1) is 14.9. The van der Waals surface area contributed by atoms with E-state index in [1.54, 1.807) is 0 Å². The molecule has 0 aromatic heterocycles. The van der Waals surface area contributed by atoms with Crippen molar-refractivity contribution in [3.8, 4) is 0 Å². The number of carboxylic acids is 1. The molecule has 16 heavy (non-hydrogen) atoms. The van der Waals surface area contributed by atoms with Crippen LogP contribution in [0.1, 0.15) is 39.5 Å². The molecule has 0 aromatic carbocycles. The SMILES string of the molecule is CCNCC(=O)NC(C)CCCCC(=O)O. The minimum atomic E-state index is -0.760. The summed E-state index contributed by atoms with van der Waals surface area (Å²) in [5, 5.41) is 14.2. The predicted molar refractivity (Wildman–Crippen MR) is 62.3 cm³/mol. The minimum absolute atomic E-state index is 0.00687. The van der Waals surface area contributed by atoms with E-state index in [4.69, 9.17) is 5.11 Å². The third kappa shape index (κ3) is 9.45. The summed E-state index contributed by atoms with van der Waals surface area (Å²) in [5.41, 5.74) is 0. The molecular weight excluding hydrogens is 208 g/mol. The second-order valence-corrected chi connectivity index (χ2v) is 3.89. The lowest BCUT2D eigenvalue weighted by Gasteiger charge is -2.13. The first-order valence-corrected chi connectivity index (χ1v) is 5.78. The Morgan fingerprint density at radius 2 is 2.00 bits per heavy atom. The quantitative estimate of drug-likeness (QED) is 0.511. The first-order chi connectivity index (χ1) is 7.56. The summed E-state index contributed by atoms with van der Waals surface area (Å²) < 4.78 is 0. The van der Waals surface area contributed by atoms with Crippen LogP contribution in [0.4, 0.5) is 0 Å². The second-order valence-electron chi connectivity index (χ2n) is 3.89. The highest BCUT2D eigenvalue weighted by Crippen LogP contribution is 2.03. The summed E-state index contributed by atoms with van der Waals surface area (Å²) in [5.74, 6) is -0.767. The molecule has 0 aliphatic carbocycles. The Hall–Kier alpha value is -1.10. The van der Waals surface area contributed by atoms with Crippen molar-refractivity contribution in [3.05, 3.63) is 0 Å². The maximum absolute atomic E-state index is 11.3. The molecule has 0 saturated carbocycles. The van der Waals surface area contributed by atoms with Crippen LogP contribution in [0.2, 0.25) is 0 Å². The normalized spacial score (nSPS) is 12.1. The predicted octanol–water partition coefficient (Wildman–Crippen LogP) is 0.746. The zero-order chi connectivity index (χ0) is 12.4. The van der Waals surface area contributed by atoms with Crippen molar-refractivity contribution in [2.24, 2.45) is 0 Å². The molecule has 1 amide bonds. The molecule has 0 spiro atoms. The molecule has 0 aromatic rings. The van der Waals surface area contributed by atoms with Crippen molar-refractivity contribution < 1.29 is 14.7 Å². The van der Waals surface area contributed by atoms with Gasteiger partial charge in [0, 0.05) is 12.5 Å². The van der Waals surface area contributed by atoms with E-state index in [9.17, 15) is 9.59 Å². The fraction of sp³-hybridized carbons (Fsp3) is 0.818. The van der Waals surface area contributed by atoms with Gasteiger partial charge in [0.05, 0.1) is 6.54 Å². The van der Waals surface area contributed by atoms with Crippen molar-refractivity contribution in [2.45, 2.75) is 45.6 Å². The maximum atomic E-state index is 11.3. The Morgan fingerprint density at radius 1 is 1.31 bits per heavy atom. The highest BCUT2D eigenvalue weighted by atomic mass is 16.4. The van der Waals surface area contributed by atoms with Crippen LogP contribution in [0, 0.1) is 0 Å². The molecule has 1 atom stereocenters. The Balaban J connectivity index is 3.46. The summed E-state index contributed by atoms with van der Waals surface area (Å²) in [6, 6.07) is 0.111. The molecule has 94 valence electrons. The first-order valence-electron chi connectivity index (χ1n) is 5.78. The molecular formula is C11H22N2O3. The molecule has 3 N–H and O–H groups in total. The fourth-order valence-corrected chi connectivity index (χ4v) is 1.36. The number of carbonyl (C=O) groups excluding carboxylic acids is 1. The van der Waals surface area contributed by atoms with Crippen LogP contribution in [0.15, 0.2) is 0 Å². The third-order valence-electron chi connectivity index (χ3n) is 2.22. The fourth-order valence-electron chi connectivity index (χ4n) is 1.36. The lowest BCUT2D eigenvalue weighted by atomic mass is 10.1. The van der Waals surface area contributed by atoms with E-state index in [-0.39, 0.29) is 18.4 Å². The average Bonchev–Trinajstić information content (AvgIpc) is 2.21. The smallest absolute Gasteiger partial charge is 0.303 e. The van der Waals surface area contributed by atoms with Crippen LogP contribution in [0.5, 0.6) is 0 Å². The Bertz CT molecular complexity index is 219. The lowest BCUT2D eigenvalue weighted by Crippen LogP contribution is -2.38. The Kier molecular flexibility index (Phi) is 8.52. The van der Waals surface area contributed by atoms with Gasteiger partial charge in [-0.2, -0.15) is 0 Å². The number of likely N-dealkylation sites (N-methyl/N-ethyl adjacent to an activating group) is 1. The molecule has 5 heteroatoms. The van der Waals surface area contributed by atoms with Gasteiger partial charge < -0.3 is 15.7 Å². The van der Waals surface area contributed by atoms with Crippen LogP contribution in [0.25, 0.3) is 0 Å². The minimum Gasteiger partial charge on any atom is -0.481 e. The maximum Gasteiger partial charge on any atom is 0.303 e. The molecule has 0 aliphatic rings. The number of unbranched alkanes of at least 4 members (excludes halogenated alkanes) is 1. The van der Waals surface area contributed by atoms with Gasteiger partial charge in [0.15, 0.2) is 0 Å². The third-order valence-corrected chi connectivity index (χ3v) is 2.22. The molecule has 0 bridgehead atoms. The van der Waals surface area contributed by atoms with Gasteiger partial charge in [0.1, 0.15) is 0 Å².